The minimum atomic E-state index is -0.708. The number of nitrogens with one attached hydrogen (secondary N) is 2. The highest BCUT2D eigenvalue weighted by atomic mass is 19.1. The van der Waals surface area contributed by atoms with Gasteiger partial charge in [-0.05, 0) is 36.4 Å². The van der Waals surface area contributed by atoms with Gasteiger partial charge in [0.1, 0.15) is 17.5 Å². The van der Waals surface area contributed by atoms with E-state index >= 15 is 0 Å². The normalized spacial score (nSPS) is 10.3. The minimum absolute atomic E-state index is 0.126. The highest BCUT2D eigenvalue weighted by molar-refractivity contribution is 6.01. The van der Waals surface area contributed by atoms with Crippen LogP contribution in [0.2, 0.25) is 0 Å². The van der Waals surface area contributed by atoms with E-state index in [-0.39, 0.29) is 11.4 Å². The molecule has 0 spiro atoms. The minimum Gasteiger partial charge on any atom is -0.459 e. The summed E-state index contributed by atoms with van der Waals surface area (Å²) in [5.41, 5.74) is 0.618. The van der Waals surface area contributed by atoms with E-state index in [1.807, 2.05) is 0 Å². The van der Waals surface area contributed by atoms with Gasteiger partial charge in [0.25, 0.3) is 5.91 Å². The van der Waals surface area contributed by atoms with Crippen LogP contribution in [0.25, 0.3) is 0 Å². The Bertz CT molecular complexity index is 818. The topological polar surface area (TPSA) is 67.2 Å². The molecule has 0 aliphatic heterocycles. The van der Waals surface area contributed by atoms with Gasteiger partial charge >= 0.3 is 0 Å². The third-order valence-corrected chi connectivity index (χ3v) is 2.96. The second-order valence-corrected chi connectivity index (χ2v) is 4.61. The standard InChI is InChI=1S/C16H11F2N3O2/c17-10-3-5-13(12(18)8-10)20-11-4-6-15(19-9-11)21-16(22)14-2-1-7-23-14/h1-9,20H,(H,19,21,22). The van der Waals surface area contributed by atoms with Crippen LogP contribution in [0.1, 0.15) is 10.6 Å². The zero-order chi connectivity index (χ0) is 16.2. The molecule has 0 fully saturated rings. The molecule has 2 heterocycles. The molecular formula is C16H11F2N3O2. The number of nitrogens with zero attached hydrogens (tertiary/aromatic N) is 1. The van der Waals surface area contributed by atoms with Crippen molar-refractivity contribution in [2.45, 2.75) is 0 Å². The molecule has 7 heteroatoms. The van der Waals surface area contributed by atoms with Gasteiger partial charge in [0.2, 0.25) is 0 Å². The fraction of sp³-hybridized carbons (Fsp3) is 0. The molecule has 0 aliphatic carbocycles. The molecule has 0 bridgehead atoms. The smallest absolute Gasteiger partial charge is 0.292 e. The zero-order valence-corrected chi connectivity index (χ0v) is 11.7. The lowest BCUT2D eigenvalue weighted by Gasteiger charge is -2.08. The van der Waals surface area contributed by atoms with Gasteiger partial charge in [-0.1, -0.05) is 0 Å². The molecule has 0 saturated heterocycles. The maximum absolute atomic E-state index is 13.6. The summed E-state index contributed by atoms with van der Waals surface area (Å²) in [4.78, 5) is 15.8. The van der Waals surface area contributed by atoms with Crippen LogP contribution in [-0.2, 0) is 0 Å². The Morgan fingerprint density at radius 1 is 1.13 bits per heavy atom. The number of aromatic nitrogens is 1. The summed E-state index contributed by atoms with van der Waals surface area (Å²) in [6.45, 7) is 0. The van der Waals surface area contributed by atoms with E-state index in [4.69, 9.17) is 4.42 Å². The van der Waals surface area contributed by atoms with Gasteiger partial charge in [0.15, 0.2) is 5.76 Å². The molecule has 0 radical (unpaired) electrons. The fourth-order valence-electron chi connectivity index (χ4n) is 1.87. The number of amides is 1. The lowest BCUT2D eigenvalue weighted by atomic mass is 10.3. The van der Waals surface area contributed by atoms with Crippen molar-refractivity contribution < 1.29 is 18.0 Å². The number of carbonyl (C=O) groups is 1. The van der Waals surface area contributed by atoms with Crippen LogP contribution in [0.3, 0.4) is 0 Å². The first-order chi connectivity index (χ1) is 11.1. The number of rotatable bonds is 4. The third-order valence-electron chi connectivity index (χ3n) is 2.96. The molecule has 3 aromatic rings. The second kappa shape index (κ2) is 6.27. The summed E-state index contributed by atoms with van der Waals surface area (Å²) in [5.74, 6) is -1.30. The van der Waals surface area contributed by atoms with Crippen molar-refractivity contribution in [3.05, 3.63) is 72.3 Å². The van der Waals surface area contributed by atoms with Gasteiger partial charge in [-0.3, -0.25) is 4.79 Å². The van der Waals surface area contributed by atoms with Crippen molar-refractivity contribution in [3.8, 4) is 0 Å². The predicted octanol–water partition coefficient (Wildman–Crippen LogP) is 3.95. The molecular weight excluding hydrogens is 304 g/mol. The molecule has 116 valence electrons. The number of hydrogen-bond acceptors (Lipinski definition) is 4. The Morgan fingerprint density at radius 3 is 2.65 bits per heavy atom. The van der Waals surface area contributed by atoms with E-state index < -0.39 is 17.5 Å². The van der Waals surface area contributed by atoms with Crippen molar-refractivity contribution in [2.75, 3.05) is 10.6 Å². The molecule has 0 saturated carbocycles. The molecule has 3 rings (SSSR count). The SMILES string of the molecule is O=C(Nc1ccc(Nc2ccc(F)cc2F)cn1)c1ccco1. The molecule has 2 aromatic heterocycles. The summed E-state index contributed by atoms with van der Waals surface area (Å²) in [5, 5.41) is 5.33. The van der Waals surface area contributed by atoms with Crippen LogP contribution >= 0.6 is 0 Å². The Labute approximate surface area is 130 Å². The van der Waals surface area contributed by atoms with Crippen LogP contribution < -0.4 is 10.6 Å². The van der Waals surface area contributed by atoms with Gasteiger partial charge in [0.05, 0.1) is 23.8 Å². The molecule has 1 amide bonds. The van der Waals surface area contributed by atoms with Crippen LogP contribution in [0, 0.1) is 11.6 Å². The van der Waals surface area contributed by atoms with Crippen LogP contribution in [-0.4, -0.2) is 10.9 Å². The molecule has 5 nitrogen and oxygen atoms in total. The molecule has 0 aliphatic rings. The Kier molecular flexibility index (Phi) is 4.01. The summed E-state index contributed by atoms with van der Waals surface area (Å²) < 4.78 is 31.4. The van der Waals surface area contributed by atoms with Crippen molar-refractivity contribution in [2.24, 2.45) is 0 Å². The molecule has 0 atom stereocenters. The summed E-state index contributed by atoms with van der Waals surface area (Å²) >= 11 is 0. The molecule has 2 N–H and O–H groups in total. The lowest BCUT2D eigenvalue weighted by molar-refractivity contribution is 0.0996. The number of halogens is 2. The molecule has 23 heavy (non-hydrogen) atoms. The van der Waals surface area contributed by atoms with Gasteiger partial charge in [0, 0.05) is 6.07 Å². The largest absolute Gasteiger partial charge is 0.459 e. The van der Waals surface area contributed by atoms with Gasteiger partial charge < -0.3 is 15.1 Å². The Balaban J connectivity index is 1.68. The van der Waals surface area contributed by atoms with E-state index in [0.29, 0.717) is 11.5 Å². The monoisotopic (exact) mass is 315 g/mol. The van der Waals surface area contributed by atoms with Gasteiger partial charge in [-0.25, -0.2) is 13.8 Å². The van der Waals surface area contributed by atoms with Crippen LogP contribution in [0.5, 0.6) is 0 Å². The first kappa shape index (κ1) is 14.7. The van der Waals surface area contributed by atoms with Gasteiger partial charge in [-0.15, -0.1) is 0 Å². The first-order valence-corrected chi connectivity index (χ1v) is 6.65. The van der Waals surface area contributed by atoms with Crippen molar-refractivity contribution in [3.63, 3.8) is 0 Å². The summed E-state index contributed by atoms with van der Waals surface area (Å²) in [7, 11) is 0. The van der Waals surface area contributed by atoms with Crippen LogP contribution in [0.15, 0.2) is 59.3 Å². The highest BCUT2D eigenvalue weighted by Crippen LogP contribution is 2.21. The Morgan fingerprint density at radius 2 is 2.00 bits per heavy atom. The number of carbonyl (C=O) groups excluding carboxylic acids is 1. The maximum Gasteiger partial charge on any atom is 0.292 e. The average molecular weight is 315 g/mol. The average Bonchev–Trinajstić information content (AvgIpc) is 3.06. The maximum atomic E-state index is 13.6. The number of furan rings is 1. The fourth-order valence-corrected chi connectivity index (χ4v) is 1.87. The highest BCUT2D eigenvalue weighted by Gasteiger charge is 2.09. The third kappa shape index (κ3) is 3.52. The number of anilines is 3. The quantitative estimate of drug-likeness (QED) is 0.765. The van der Waals surface area contributed by atoms with E-state index in [0.717, 1.165) is 12.1 Å². The van der Waals surface area contributed by atoms with Crippen molar-refractivity contribution in [1.82, 2.24) is 4.98 Å². The number of benzene rings is 1. The Hall–Kier alpha value is -3.22. The molecule has 0 unspecified atom stereocenters. The van der Waals surface area contributed by atoms with Crippen molar-refractivity contribution >= 4 is 23.1 Å². The predicted molar refractivity (Wildman–Crippen MR) is 80.5 cm³/mol. The number of pyridine rings is 1. The van der Waals surface area contributed by atoms with E-state index in [1.165, 1.54) is 24.6 Å². The van der Waals surface area contributed by atoms with Crippen LogP contribution in [0.4, 0.5) is 26.0 Å². The summed E-state index contributed by atoms with van der Waals surface area (Å²) in [6.07, 6.45) is 2.81. The zero-order valence-electron chi connectivity index (χ0n) is 11.7. The van der Waals surface area contributed by atoms with E-state index in [9.17, 15) is 13.6 Å². The first-order valence-electron chi connectivity index (χ1n) is 6.65. The second-order valence-electron chi connectivity index (χ2n) is 4.61. The van der Waals surface area contributed by atoms with Gasteiger partial charge in [-0.2, -0.15) is 0 Å². The molecule has 1 aromatic carbocycles. The lowest BCUT2D eigenvalue weighted by Crippen LogP contribution is -2.11. The van der Waals surface area contributed by atoms with Crippen molar-refractivity contribution in [1.29, 1.82) is 0 Å². The van der Waals surface area contributed by atoms with E-state index in [2.05, 4.69) is 15.6 Å². The number of hydrogen-bond donors (Lipinski definition) is 2. The van der Waals surface area contributed by atoms with E-state index in [1.54, 1.807) is 18.2 Å². The summed E-state index contributed by atoms with van der Waals surface area (Å²) in [6, 6.07) is 9.51.